The fourth-order valence-corrected chi connectivity index (χ4v) is 4.32. The second-order valence-corrected chi connectivity index (χ2v) is 9.46. The Morgan fingerprint density at radius 1 is 0.679 bits per heavy atom. The third kappa shape index (κ3) is 12.1. The van der Waals surface area contributed by atoms with Crippen molar-refractivity contribution in [2.75, 3.05) is 39.8 Å². The highest BCUT2D eigenvalue weighted by atomic mass is 16.2. The minimum absolute atomic E-state index is 0.400. The molecule has 0 radical (unpaired) electrons. The van der Waals surface area contributed by atoms with Gasteiger partial charge in [-0.25, -0.2) is 0 Å². The van der Waals surface area contributed by atoms with Gasteiger partial charge in [-0.05, 0) is 13.3 Å². The lowest BCUT2D eigenvalue weighted by Crippen LogP contribution is -2.58. The molecule has 0 aromatic heterocycles. The van der Waals surface area contributed by atoms with Crippen molar-refractivity contribution in [3.05, 3.63) is 0 Å². The summed E-state index contributed by atoms with van der Waals surface area (Å²) in [6.07, 6.45) is 21.5. The summed E-state index contributed by atoms with van der Waals surface area (Å²) in [6.45, 7) is 9.90. The van der Waals surface area contributed by atoms with Gasteiger partial charge in [-0.3, -0.25) is 4.79 Å². The van der Waals surface area contributed by atoms with Crippen molar-refractivity contribution >= 4 is 5.91 Å². The average molecular weight is 396 g/mol. The van der Waals surface area contributed by atoms with Crippen LogP contribution in [0.1, 0.15) is 117 Å². The Bertz CT molecular complexity index is 375. The van der Waals surface area contributed by atoms with E-state index >= 15 is 0 Å². The highest BCUT2D eigenvalue weighted by Gasteiger charge is 2.28. The number of carbonyl (C=O) groups excluding carboxylic acids is 1. The summed E-state index contributed by atoms with van der Waals surface area (Å²) in [6, 6.07) is 0. The van der Waals surface area contributed by atoms with Gasteiger partial charge in [-0.1, -0.05) is 96.8 Å². The molecule has 166 valence electrons. The molecule has 0 aromatic carbocycles. The molecular weight excluding hydrogens is 344 g/mol. The first-order chi connectivity index (χ1) is 13.6. The Morgan fingerprint density at radius 3 is 1.46 bits per heavy atom. The molecule has 0 N–H and O–H groups in total. The molecule has 28 heavy (non-hydrogen) atoms. The van der Waals surface area contributed by atoms with E-state index in [-0.39, 0.29) is 0 Å². The minimum atomic E-state index is 0.400. The Labute approximate surface area is 176 Å². The van der Waals surface area contributed by atoms with E-state index in [1.54, 1.807) is 0 Å². The lowest BCUT2D eigenvalue weighted by molar-refractivity contribution is -0.911. The highest BCUT2D eigenvalue weighted by Crippen LogP contribution is 2.15. The number of nitrogens with zero attached hydrogens (tertiary/aromatic N) is 2. The molecule has 1 aliphatic rings. The van der Waals surface area contributed by atoms with Gasteiger partial charge in [-0.2, -0.15) is 0 Å². The van der Waals surface area contributed by atoms with Crippen molar-refractivity contribution in [3.63, 3.8) is 0 Å². The van der Waals surface area contributed by atoms with Crippen molar-refractivity contribution in [2.45, 2.75) is 117 Å². The summed E-state index contributed by atoms with van der Waals surface area (Å²) in [5.41, 5.74) is 0. The van der Waals surface area contributed by atoms with Crippen LogP contribution in [-0.4, -0.2) is 55.1 Å². The molecule has 1 amide bonds. The van der Waals surface area contributed by atoms with Crippen LogP contribution in [0, 0.1) is 0 Å². The molecule has 0 aromatic rings. The van der Waals surface area contributed by atoms with E-state index in [1.807, 2.05) is 0 Å². The number of likely N-dealkylation sites (N-methyl/N-ethyl adjacent to an activating group) is 1. The van der Waals surface area contributed by atoms with Gasteiger partial charge >= 0.3 is 0 Å². The van der Waals surface area contributed by atoms with Crippen LogP contribution >= 0.6 is 0 Å². The smallest absolute Gasteiger partial charge is 0.222 e. The summed E-state index contributed by atoms with van der Waals surface area (Å²) in [4.78, 5) is 14.5. The van der Waals surface area contributed by atoms with Gasteiger partial charge in [0.05, 0.1) is 39.8 Å². The summed E-state index contributed by atoms with van der Waals surface area (Å²) in [5, 5.41) is 0. The predicted molar refractivity (Wildman–Crippen MR) is 123 cm³/mol. The van der Waals surface area contributed by atoms with E-state index in [0.29, 0.717) is 5.91 Å². The Morgan fingerprint density at radius 2 is 1.07 bits per heavy atom. The van der Waals surface area contributed by atoms with Crippen molar-refractivity contribution in [1.29, 1.82) is 0 Å². The first-order valence-corrected chi connectivity index (χ1v) is 12.7. The fraction of sp³-hybridized carbons (Fsp3) is 0.960. The molecule has 1 fully saturated rings. The molecule has 0 spiro atoms. The predicted octanol–water partition coefficient (Wildman–Crippen LogP) is 6.56. The lowest BCUT2D eigenvalue weighted by Gasteiger charge is -2.41. The minimum Gasteiger partial charge on any atom is -0.331 e. The zero-order valence-electron chi connectivity index (χ0n) is 19.7. The quantitative estimate of drug-likeness (QED) is 0.202. The Balaban J connectivity index is 1.82. The first-order valence-electron chi connectivity index (χ1n) is 12.7. The Hall–Kier alpha value is -0.570. The molecular formula is C25H51N2O+. The number of amides is 1. The number of piperazine rings is 1. The maximum Gasteiger partial charge on any atom is 0.222 e. The fourth-order valence-electron chi connectivity index (χ4n) is 4.32. The topological polar surface area (TPSA) is 20.3 Å². The number of hydrogen-bond donors (Lipinski definition) is 0. The second-order valence-electron chi connectivity index (χ2n) is 9.46. The van der Waals surface area contributed by atoms with Crippen molar-refractivity contribution in [3.8, 4) is 0 Å². The van der Waals surface area contributed by atoms with Crippen LogP contribution in [-0.2, 0) is 4.79 Å². The number of hydrogen-bond acceptors (Lipinski definition) is 1. The van der Waals surface area contributed by atoms with Crippen LogP contribution in [0.25, 0.3) is 0 Å². The SMILES string of the molecule is CCCCCCCCCCCCCCCCCC(=O)N1CC[N+](C)(CC)CC1. The van der Waals surface area contributed by atoms with Crippen LogP contribution < -0.4 is 0 Å². The van der Waals surface area contributed by atoms with Gasteiger partial charge in [0.1, 0.15) is 0 Å². The summed E-state index contributed by atoms with van der Waals surface area (Å²) in [7, 11) is 2.32. The molecule has 0 saturated carbocycles. The maximum atomic E-state index is 12.4. The summed E-state index contributed by atoms with van der Waals surface area (Å²) in [5.74, 6) is 0.400. The van der Waals surface area contributed by atoms with E-state index in [0.717, 1.165) is 43.5 Å². The lowest BCUT2D eigenvalue weighted by atomic mass is 10.0. The zero-order chi connectivity index (χ0) is 20.5. The van der Waals surface area contributed by atoms with E-state index < -0.39 is 0 Å². The summed E-state index contributed by atoms with van der Waals surface area (Å²) >= 11 is 0. The second kappa shape index (κ2) is 16.3. The maximum absolute atomic E-state index is 12.4. The number of unbranched alkanes of at least 4 members (excludes halogenated alkanes) is 14. The molecule has 3 heteroatoms. The van der Waals surface area contributed by atoms with Crippen LogP contribution in [0.15, 0.2) is 0 Å². The van der Waals surface area contributed by atoms with Gasteiger partial charge < -0.3 is 9.38 Å². The zero-order valence-corrected chi connectivity index (χ0v) is 19.7. The van der Waals surface area contributed by atoms with E-state index in [9.17, 15) is 4.79 Å². The number of quaternary nitrogens is 1. The number of carbonyl (C=O) groups is 1. The van der Waals surface area contributed by atoms with Crippen LogP contribution in [0.3, 0.4) is 0 Å². The molecule has 3 nitrogen and oxygen atoms in total. The van der Waals surface area contributed by atoms with E-state index in [4.69, 9.17) is 0 Å². The van der Waals surface area contributed by atoms with E-state index in [1.165, 1.54) is 96.4 Å². The molecule has 0 unspecified atom stereocenters. The molecule has 1 aliphatic heterocycles. The highest BCUT2D eigenvalue weighted by molar-refractivity contribution is 5.76. The average Bonchev–Trinajstić information content (AvgIpc) is 2.71. The summed E-state index contributed by atoms with van der Waals surface area (Å²) < 4.78 is 1.13. The van der Waals surface area contributed by atoms with Crippen molar-refractivity contribution < 1.29 is 9.28 Å². The molecule has 0 bridgehead atoms. The van der Waals surface area contributed by atoms with Gasteiger partial charge in [-0.15, -0.1) is 0 Å². The van der Waals surface area contributed by atoms with Crippen LogP contribution in [0.5, 0.6) is 0 Å². The van der Waals surface area contributed by atoms with Gasteiger partial charge in [0.15, 0.2) is 0 Å². The van der Waals surface area contributed by atoms with Crippen LogP contribution in [0.2, 0.25) is 0 Å². The van der Waals surface area contributed by atoms with Gasteiger partial charge in [0.2, 0.25) is 5.91 Å². The third-order valence-electron chi connectivity index (χ3n) is 6.93. The van der Waals surface area contributed by atoms with Gasteiger partial charge in [0, 0.05) is 6.42 Å². The molecule has 1 rings (SSSR count). The molecule has 1 saturated heterocycles. The molecule has 0 atom stereocenters. The number of rotatable bonds is 17. The standard InChI is InChI=1S/C25H51N2O/c1-4-6-7-8-9-10-11-12-13-14-15-16-17-18-19-20-25(28)26-21-23-27(3,5-2)24-22-26/h4-24H2,1-3H3/q+1. The monoisotopic (exact) mass is 395 g/mol. The van der Waals surface area contributed by atoms with Gasteiger partial charge in [0.25, 0.3) is 0 Å². The Kier molecular flexibility index (Phi) is 14.8. The first kappa shape index (κ1) is 25.5. The largest absolute Gasteiger partial charge is 0.331 e. The third-order valence-corrected chi connectivity index (χ3v) is 6.93. The molecule has 0 aliphatic carbocycles. The molecule has 1 heterocycles. The van der Waals surface area contributed by atoms with E-state index in [2.05, 4.69) is 25.8 Å². The van der Waals surface area contributed by atoms with Crippen molar-refractivity contribution in [1.82, 2.24) is 4.90 Å². The van der Waals surface area contributed by atoms with Crippen LogP contribution in [0.4, 0.5) is 0 Å². The normalized spacial score (nSPS) is 16.5. The van der Waals surface area contributed by atoms with Crippen molar-refractivity contribution in [2.24, 2.45) is 0 Å².